The largest absolute Gasteiger partial charge is 0.384 e. The number of hydrogen-bond donors (Lipinski definition) is 0. The minimum atomic E-state index is -0.0573. The van der Waals surface area contributed by atoms with E-state index in [2.05, 4.69) is 20.8 Å². The third kappa shape index (κ3) is 11.1. The summed E-state index contributed by atoms with van der Waals surface area (Å²) in [5.74, 6) is 0. The van der Waals surface area contributed by atoms with Gasteiger partial charge in [0.05, 0.1) is 32.5 Å². The summed E-state index contributed by atoms with van der Waals surface area (Å²) in [4.78, 5) is 0. The van der Waals surface area contributed by atoms with Crippen molar-refractivity contribution >= 4 is 0 Å². The number of rotatable bonds is 10. The van der Waals surface area contributed by atoms with Crippen LogP contribution in [-0.4, -0.2) is 68.1 Å². The number of methoxy groups -OCH3 is 5. The first-order chi connectivity index (χ1) is 9.72. The molecular formula is C16H36O5. The molecule has 0 heterocycles. The standard InChI is InChI=1S/C9H20O3.C7H16O2/c1-8(12-5)9(2,6-10-3)7-11-4;1-7(2,5-8-3)6-9-4/h8H,6-7H2,1-5H3;5-6H2,1-4H3. The summed E-state index contributed by atoms with van der Waals surface area (Å²) in [6.45, 7) is 11.1. The van der Waals surface area contributed by atoms with Crippen LogP contribution in [0.2, 0.25) is 0 Å². The molecule has 0 aromatic rings. The van der Waals surface area contributed by atoms with Crippen LogP contribution in [0.1, 0.15) is 27.7 Å². The highest BCUT2D eigenvalue weighted by atomic mass is 16.5. The molecule has 0 aliphatic heterocycles. The summed E-state index contributed by atoms with van der Waals surface area (Å²) in [6, 6.07) is 0. The molecule has 0 fully saturated rings. The Morgan fingerprint density at radius 2 is 1.00 bits per heavy atom. The van der Waals surface area contributed by atoms with Gasteiger partial charge in [-0.3, -0.25) is 0 Å². The molecule has 0 saturated heterocycles. The Bertz CT molecular complexity index is 217. The van der Waals surface area contributed by atoms with Crippen molar-refractivity contribution < 1.29 is 23.7 Å². The molecule has 21 heavy (non-hydrogen) atoms. The van der Waals surface area contributed by atoms with E-state index < -0.39 is 0 Å². The highest BCUT2D eigenvalue weighted by Gasteiger charge is 2.31. The quantitative estimate of drug-likeness (QED) is 0.621. The van der Waals surface area contributed by atoms with Crippen LogP contribution < -0.4 is 0 Å². The SMILES string of the molecule is COCC(C)(C)COC.COCC(C)(COC)C(C)OC. The van der Waals surface area contributed by atoms with Gasteiger partial charge in [-0.1, -0.05) is 20.8 Å². The average molecular weight is 308 g/mol. The van der Waals surface area contributed by atoms with Gasteiger partial charge < -0.3 is 23.7 Å². The van der Waals surface area contributed by atoms with Crippen LogP contribution in [0.3, 0.4) is 0 Å². The molecule has 0 aromatic carbocycles. The summed E-state index contributed by atoms with van der Waals surface area (Å²) in [7, 11) is 8.50. The van der Waals surface area contributed by atoms with Crippen LogP contribution in [0.5, 0.6) is 0 Å². The van der Waals surface area contributed by atoms with Crippen molar-refractivity contribution in [2.75, 3.05) is 62.0 Å². The predicted molar refractivity (Wildman–Crippen MR) is 85.9 cm³/mol. The van der Waals surface area contributed by atoms with Gasteiger partial charge in [0.15, 0.2) is 0 Å². The van der Waals surface area contributed by atoms with Crippen LogP contribution in [-0.2, 0) is 23.7 Å². The van der Waals surface area contributed by atoms with E-state index in [9.17, 15) is 0 Å². The van der Waals surface area contributed by atoms with Crippen molar-refractivity contribution in [3.05, 3.63) is 0 Å². The number of hydrogen-bond acceptors (Lipinski definition) is 5. The lowest BCUT2D eigenvalue weighted by atomic mass is 9.87. The Morgan fingerprint density at radius 1 is 0.667 bits per heavy atom. The van der Waals surface area contributed by atoms with Crippen molar-refractivity contribution in [1.29, 1.82) is 0 Å². The van der Waals surface area contributed by atoms with E-state index in [-0.39, 0.29) is 16.9 Å². The summed E-state index contributed by atoms with van der Waals surface area (Å²) < 4.78 is 25.5. The topological polar surface area (TPSA) is 46.2 Å². The van der Waals surface area contributed by atoms with Crippen LogP contribution in [0.25, 0.3) is 0 Å². The maximum atomic E-state index is 5.26. The fourth-order valence-corrected chi connectivity index (χ4v) is 2.04. The molecule has 0 rings (SSSR count). The first-order valence-electron chi connectivity index (χ1n) is 7.21. The van der Waals surface area contributed by atoms with Crippen molar-refractivity contribution in [3.63, 3.8) is 0 Å². The highest BCUT2D eigenvalue weighted by molar-refractivity contribution is 4.80. The zero-order valence-electron chi connectivity index (χ0n) is 15.4. The van der Waals surface area contributed by atoms with E-state index in [0.29, 0.717) is 13.2 Å². The Labute approximate surface area is 131 Å². The maximum Gasteiger partial charge on any atom is 0.0640 e. The second-order valence-corrected chi connectivity index (χ2v) is 6.43. The fraction of sp³-hybridized carbons (Fsp3) is 1.00. The second-order valence-electron chi connectivity index (χ2n) is 6.43. The third-order valence-electron chi connectivity index (χ3n) is 3.35. The molecule has 0 saturated carbocycles. The van der Waals surface area contributed by atoms with Gasteiger partial charge in [-0.15, -0.1) is 0 Å². The molecule has 0 spiro atoms. The zero-order chi connectivity index (χ0) is 16.9. The molecule has 5 nitrogen and oxygen atoms in total. The average Bonchev–Trinajstić information content (AvgIpc) is 2.38. The zero-order valence-corrected chi connectivity index (χ0v) is 15.4. The Kier molecular flexibility index (Phi) is 13.6. The maximum absolute atomic E-state index is 5.26. The minimum Gasteiger partial charge on any atom is -0.384 e. The van der Waals surface area contributed by atoms with E-state index in [1.807, 2.05) is 6.92 Å². The summed E-state index contributed by atoms with van der Waals surface area (Å²) in [5, 5.41) is 0. The summed E-state index contributed by atoms with van der Waals surface area (Å²) in [5.41, 5.74) is 0.0990. The van der Waals surface area contributed by atoms with E-state index in [4.69, 9.17) is 23.7 Å². The van der Waals surface area contributed by atoms with Crippen LogP contribution in [0.4, 0.5) is 0 Å². The van der Waals surface area contributed by atoms with Gasteiger partial charge in [-0.25, -0.2) is 0 Å². The molecule has 130 valence electrons. The normalized spacial score (nSPS) is 13.6. The molecule has 0 N–H and O–H groups in total. The molecular weight excluding hydrogens is 272 g/mol. The van der Waals surface area contributed by atoms with E-state index >= 15 is 0 Å². The van der Waals surface area contributed by atoms with Crippen molar-refractivity contribution in [2.24, 2.45) is 10.8 Å². The smallest absolute Gasteiger partial charge is 0.0640 e. The van der Waals surface area contributed by atoms with Gasteiger partial charge in [0.25, 0.3) is 0 Å². The third-order valence-corrected chi connectivity index (χ3v) is 3.35. The number of ether oxygens (including phenoxy) is 5. The highest BCUT2D eigenvalue weighted by Crippen LogP contribution is 2.24. The monoisotopic (exact) mass is 308 g/mol. The molecule has 0 bridgehead atoms. The van der Waals surface area contributed by atoms with Crippen molar-refractivity contribution in [3.8, 4) is 0 Å². The summed E-state index contributed by atoms with van der Waals surface area (Å²) >= 11 is 0. The first kappa shape index (κ1) is 23.1. The Hall–Kier alpha value is -0.200. The molecule has 0 aliphatic carbocycles. The molecule has 5 heteroatoms. The van der Waals surface area contributed by atoms with Gasteiger partial charge in [-0.05, 0) is 6.92 Å². The first-order valence-corrected chi connectivity index (χ1v) is 7.21. The van der Waals surface area contributed by atoms with Crippen molar-refractivity contribution in [2.45, 2.75) is 33.8 Å². The molecule has 1 unspecified atom stereocenters. The predicted octanol–water partition coefficient (Wildman–Crippen LogP) is 2.63. The lowest BCUT2D eigenvalue weighted by Crippen LogP contribution is -2.39. The van der Waals surface area contributed by atoms with Crippen molar-refractivity contribution in [1.82, 2.24) is 0 Å². The Morgan fingerprint density at radius 3 is 1.24 bits per heavy atom. The van der Waals surface area contributed by atoms with Crippen LogP contribution >= 0.6 is 0 Å². The van der Waals surface area contributed by atoms with Gasteiger partial charge in [0, 0.05) is 46.4 Å². The fourth-order valence-electron chi connectivity index (χ4n) is 2.04. The molecule has 0 aromatic heterocycles. The van der Waals surface area contributed by atoms with Crippen LogP contribution in [0.15, 0.2) is 0 Å². The summed E-state index contributed by atoms with van der Waals surface area (Å²) in [6.07, 6.45) is 0.136. The van der Waals surface area contributed by atoms with Crippen LogP contribution in [0, 0.1) is 10.8 Å². The molecule has 1 atom stereocenters. The van der Waals surface area contributed by atoms with E-state index in [0.717, 1.165) is 13.2 Å². The molecule has 0 aliphatic rings. The van der Waals surface area contributed by atoms with Gasteiger partial charge in [-0.2, -0.15) is 0 Å². The lowest BCUT2D eigenvalue weighted by Gasteiger charge is -2.33. The minimum absolute atomic E-state index is 0.0573. The van der Waals surface area contributed by atoms with E-state index in [1.54, 1.807) is 35.5 Å². The Balaban J connectivity index is 0. The van der Waals surface area contributed by atoms with Gasteiger partial charge >= 0.3 is 0 Å². The van der Waals surface area contributed by atoms with E-state index in [1.165, 1.54) is 0 Å². The van der Waals surface area contributed by atoms with Gasteiger partial charge in [0.1, 0.15) is 0 Å². The molecule has 0 amide bonds. The van der Waals surface area contributed by atoms with Gasteiger partial charge in [0.2, 0.25) is 0 Å². The molecule has 0 radical (unpaired) electrons. The lowest BCUT2D eigenvalue weighted by molar-refractivity contribution is -0.0718. The second kappa shape index (κ2) is 12.4.